The maximum Gasteiger partial charge on any atom is 0.335 e. The first-order chi connectivity index (χ1) is 8.93. The molecule has 0 radical (unpaired) electrons. The average Bonchev–Trinajstić information content (AvgIpc) is 2.78. The first kappa shape index (κ1) is 13.4. The molecule has 0 aliphatic carbocycles. The first-order valence-corrected chi connectivity index (χ1v) is 7.06. The molecule has 1 aromatic carbocycles. The van der Waals surface area contributed by atoms with E-state index in [9.17, 15) is 13.2 Å². The highest BCUT2D eigenvalue weighted by molar-refractivity contribution is 7.89. The van der Waals surface area contributed by atoms with E-state index >= 15 is 0 Å². The third-order valence-corrected chi connectivity index (χ3v) is 3.99. The van der Waals surface area contributed by atoms with Crippen molar-refractivity contribution in [3.05, 3.63) is 23.8 Å². The van der Waals surface area contributed by atoms with Crippen molar-refractivity contribution in [1.29, 1.82) is 0 Å². The zero-order valence-electron chi connectivity index (χ0n) is 10.1. The molecule has 1 aromatic heterocycles. The van der Waals surface area contributed by atoms with Crippen molar-refractivity contribution in [3.8, 4) is 0 Å². The average molecular weight is 284 g/mol. The Morgan fingerprint density at radius 2 is 2.21 bits per heavy atom. The van der Waals surface area contributed by atoms with Gasteiger partial charge in [-0.25, -0.2) is 22.6 Å². The Balaban J connectivity index is 2.29. The molecule has 19 heavy (non-hydrogen) atoms. The monoisotopic (exact) mass is 284 g/mol. The summed E-state index contributed by atoms with van der Waals surface area (Å²) in [5.74, 6) is -1.17. The minimum absolute atomic E-state index is 0.113. The maximum atomic E-state index is 11.3. The molecule has 0 amide bonds. The fourth-order valence-corrected chi connectivity index (χ4v) is 2.20. The minimum atomic E-state index is -3.32. The molecule has 0 saturated carbocycles. The predicted molar refractivity (Wildman–Crippen MR) is 67.3 cm³/mol. The van der Waals surface area contributed by atoms with Gasteiger partial charge in [-0.1, -0.05) is 5.21 Å². The summed E-state index contributed by atoms with van der Waals surface area (Å²) in [6, 6.07) is 4.38. The molecule has 2 rings (SSSR count). The number of aryl methyl sites for hydroxylation is 1. The molecular weight excluding hydrogens is 272 g/mol. The van der Waals surface area contributed by atoms with Crippen LogP contribution < -0.4 is 4.72 Å². The number of benzene rings is 1. The van der Waals surface area contributed by atoms with Crippen LogP contribution in [-0.2, 0) is 16.6 Å². The molecule has 0 atom stereocenters. The summed E-state index contributed by atoms with van der Waals surface area (Å²) in [7, 11) is -1.98. The Labute approximate surface area is 109 Å². The molecule has 0 bridgehead atoms. The maximum absolute atomic E-state index is 11.3. The van der Waals surface area contributed by atoms with Crippen LogP contribution in [0, 0.1) is 0 Å². The van der Waals surface area contributed by atoms with Gasteiger partial charge >= 0.3 is 5.97 Å². The lowest BCUT2D eigenvalue weighted by molar-refractivity contribution is 0.0697. The van der Waals surface area contributed by atoms with Gasteiger partial charge in [0.1, 0.15) is 5.52 Å². The third kappa shape index (κ3) is 2.88. The highest BCUT2D eigenvalue weighted by atomic mass is 32.2. The number of nitrogens with one attached hydrogen (secondary N) is 1. The van der Waals surface area contributed by atoms with Crippen molar-refractivity contribution in [2.45, 2.75) is 6.54 Å². The standard InChI is InChI=1S/C10H12N4O4S/c1-11-19(17,18)5-4-14-9-3-2-7(10(15)16)6-8(9)12-13-14/h2-3,6,11H,4-5H2,1H3,(H,15,16). The number of aromatic nitrogens is 3. The summed E-state index contributed by atoms with van der Waals surface area (Å²) in [6.45, 7) is 0.145. The lowest BCUT2D eigenvalue weighted by Gasteiger charge is -2.03. The molecule has 102 valence electrons. The summed E-state index contributed by atoms with van der Waals surface area (Å²) in [4.78, 5) is 10.8. The van der Waals surface area contributed by atoms with Crippen molar-refractivity contribution in [3.63, 3.8) is 0 Å². The largest absolute Gasteiger partial charge is 0.478 e. The fraction of sp³-hybridized carbons (Fsp3) is 0.300. The molecule has 1 heterocycles. The zero-order valence-corrected chi connectivity index (χ0v) is 10.9. The summed E-state index contributed by atoms with van der Waals surface area (Å²) in [6.07, 6.45) is 0. The number of carboxylic acid groups (broad SMARTS) is 1. The number of hydrogen-bond donors (Lipinski definition) is 2. The van der Waals surface area contributed by atoms with Crippen LogP contribution in [0.2, 0.25) is 0 Å². The number of carbonyl (C=O) groups is 1. The van der Waals surface area contributed by atoms with Crippen molar-refractivity contribution in [2.75, 3.05) is 12.8 Å². The van der Waals surface area contributed by atoms with Crippen molar-refractivity contribution < 1.29 is 18.3 Å². The second-order valence-electron chi connectivity index (χ2n) is 3.84. The normalized spacial score (nSPS) is 11.8. The fourth-order valence-electron chi connectivity index (χ4n) is 1.58. The number of rotatable bonds is 5. The van der Waals surface area contributed by atoms with Crippen molar-refractivity contribution >= 4 is 27.0 Å². The second kappa shape index (κ2) is 4.94. The van der Waals surface area contributed by atoms with Crippen LogP contribution in [0.15, 0.2) is 18.2 Å². The second-order valence-corrected chi connectivity index (χ2v) is 5.89. The van der Waals surface area contributed by atoms with Crippen LogP contribution in [0.4, 0.5) is 0 Å². The van der Waals surface area contributed by atoms with Gasteiger partial charge in [0, 0.05) is 0 Å². The first-order valence-electron chi connectivity index (χ1n) is 5.41. The number of aromatic carboxylic acids is 1. The lowest BCUT2D eigenvalue weighted by Crippen LogP contribution is -2.25. The van der Waals surface area contributed by atoms with Gasteiger partial charge < -0.3 is 5.11 Å². The molecule has 0 aliphatic heterocycles. The van der Waals surface area contributed by atoms with Crippen molar-refractivity contribution in [2.24, 2.45) is 0 Å². The van der Waals surface area contributed by atoms with Gasteiger partial charge in [0.2, 0.25) is 10.0 Å². The van der Waals surface area contributed by atoms with Crippen molar-refractivity contribution in [1.82, 2.24) is 19.7 Å². The smallest absolute Gasteiger partial charge is 0.335 e. The van der Waals surface area contributed by atoms with E-state index < -0.39 is 16.0 Å². The Morgan fingerprint density at radius 3 is 2.84 bits per heavy atom. The number of nitrogens with zero attached hydrogens (tertiary/aromatic N) is 3. The van der Waals surface area contributed by atoms with Crippen LogP contribution in [0.3, 0.4) is 0 Å². The quantitative estimate of drug-likeness (QED) is 0.777. The van der Waals surface area contributed by atoms with Gasteiger partial charge in [0.15, 0.2) is 0 Å². The highest BCUT2D eigenvalue weighted by Crippen LogP contribution is 2.13. The highest BCUT2D eigenvalue weighted by Gasteiger charge is 2.12. The van der Waals surface area contributed by atoms with Crippen LogP contribution >= 0.6 is 0 Å². The summed E-state index contributed by atoms with van der Waals surface area (Å²) in [5.41, 5.74) is 1.13. The zero-order chi connectivity index (χ0) is 14.0. The van der Waals surface area contributed by atoms with E-state index in [0.29, 0.717) is 11.0 Å². The van der Waals surface area contributed by atoms with Gasteiger partial charge in [0.25, 0.3) is 0 Å². The molecule has 0 saturated heterocycles. The van der Waals surface area contributed by atoms with Gasteiger partial charge in [-0.05, 0) is 25.2 Å². The van der Waals surface area contributed by atoms with E-state index in [1.807, 2.05) is 0 Å². The molecule has 9 heteroatoms. The predicted octanol–water partition coefficient (Wildman–Crippen LogP) is -0.321. The number of sulfonamides is 1. The van der Waals surface area contributed by atoms with E-state index in [0.717, 1.165) is 0 Å². The van der Waals surface area contributed by atoms with Crippen LogP contribution in [-0.4, -0.2) is 47.3 Å². The summed E-state index contributed by atoms with van der Waals surface area (Å²) >= 11 is 0. The Kier molecular flexibility index (Phi) is 3.49. The minimum Gasteiger partial charge on any atom is -0.478 e. The molecule has 0 spiro atoms. The number of carboxylic acids is 1. The summed E-state index contributed by atoms with van der Waals surface area (Å²) < 4.78 is 26.3. The van der Waals surface area contributed by atoms with Crippen LogP contribution in [0.1, 0.15) is 10.4 Å². The Morgan fingerprint density at radius 1 is 1.47 bits per heavy atom. The summed E-state index contributed by atoms with van der Waals surface area (Å²) in [5, 5.41) is 16.5. The molecular formula is C10H12N4O4S. The molecule has 0 aliphatic rings. The van der Waals surface area contributed by atoms with E-state index in [1.165, 1.54) is 23.9 Å². The number of fused-ring (bicyclic) bond motifs is 1. The van der Waals surface area contributed by atoms with E-state index in [4.69, 9.17) is 5.11 Å². The van der Waals surface area contributed by atoms with E-state index in [2.05, 4.69) is 15.0 Å². The lowest BCUT2D eigenvalue weighted by atomic mass is 10.2. The number of hydrogen-bond acceptors (Lipinski definition) is 5. The Hall–Kier alpha value is -2.00. The molecule has 2 aromatic rings. The van der Waals surface area contributed by atoms with Gasteiger partial charge in [0.05, 0.1) is 23.4 Å². The molecule has 2 N–H and O–H groups in total. The van der Waals surface area contributed by atoms with Gasteiger partial charge in [-0.15, -0.1) is 5.10 Å². The van der Waals surface area contributed by atoms with E-state index in [1.54, 1.807) is 6.07 Å². The van der Waals surface area contributed by atoms with E-state index in [-0.39, 0.29) is 17.9 Å². The van der Waals surface area contributed by atoms with Gasteiger partial charge in [-0.3, -0.25) is 0 Å². The Bertz CT molecular complexity index is 722. The molecule has 0 unspecified atom stereocenters. The molecule has 8 nitrogen and oxygen atoms in total. The molecule has 0 fully saturated rings. The van der Waals surface area contributed by atoms with Crippen LogP contribution in [0.5, 0.6) is 0 Å². The SMILES string of the molecule is CNS(=O)(=O)CCn1nnc2cc(C(=O)O)ccc21. The van der Waals surface area contributed by atoms with Crippen LogP contribution in [0.25, 0.3) is 11.0 Å². The third-order valence-electron chi connectivity index (χ3n) is 2.64. The topological polar surface area (TPSA) is 114 Å². The van der Waals surface area contributed by atoms with Gasteiger partial charge in [-0.2, -0.15) is 0 Å².